The SMILES string of the molecule is Cc1ccc(-c2nc3cc(NC(=O)COc4ccc(Br)cc4)ccc3o2)c(C)c1. The van der Waals surface area contributed by atoms with Gasteiger partial charge in [-0.25, -0.2) is 4.98 Å². The Hall–Kier alpha value is -3.12. The molecule has 0 saturated carbocycles. The molecule has 1 amide bonds. The molecule has 4 aromatic rings. The second kappa shape index (κ2) is 8.09. The van der Waals surface area contributed by atoms with E-state index in [9.17, 15) is 4.79 Å². The van der Waals surface area contributed by atoms with Crippen LogP contribution >= 0.6 is 15.9 Å². The Kier molecular flexibility index (Phi) is 5.36. The number of hydrogen-bond donors (Lipinski definition) is 1. The van der Waals surface area contributed by atoms with E-state index >= 15 is 0 Å². The molecule has 0 bridgehead atoms. The van der Waals surface area contributed by atoms with E-state index in [1.165, 1.54) is 5.56 Å². The first-order valence-corrected chi connectivity index (χ1v) is 9.94. The molecular weight excluding hydrogens is 432 g/mol. The van der Waals surface area contributed by atoms with Crippen molar-refractivity contribution in [1.29, 1.82) is 0 Å². The van der Waals surface area contributed by atoms with Crippen molar-refractivity contribution >= 4 is 38.6 Å². The maximum Gasteiger partial charge on any atom is 0.262 e. The molecule has 0 atom stereocenters. The van der Waals surface area contributed by atoms with E-state index in [0.717, 1.165) is 15.6 Å². The van der Waals surface area contributed by atoms with Crippen LogP contribution in [0.4, 0.5) is 5.69 Å². The van der Waals surface area contributed by atoms with Gasteiger partial charge in [-0.2, -0.15) is 0 Å². The quantitative estimate of drug-likeness (QED) is 0.411. The molecule has 0 radical (unpaired) electrons. The van der Waals surface area contributed by atoms with Gasteiger partial charge in [0.15, 0.2) is 12.2 Å². The number of fused-ring (bicyclic) bond motifs is 1. The fourth-order valence-corrected chi connectivity index (χ4v) is 3.32. The van der Waals surface area contributed by atoms with Crippen molar-refractivity contribution in [2.75, 3.05) is 11.9 Å². The summed E-state index contributed by atoms with van der Waals surface area (Å²) in [6.07, 6.45) is 0. The van der Waals surface area contributed by atoms with Crippen molar-refractivity contribution in [3.05, 3.63) is 76.3 Å². The number of carbonyl (C=O) groups is 1. The maximum absolute atomic E-state index is 12.2. The van der Waals surface area contributed by atoms with E-state index in [4.69, 9.17) is 9.15 Å². The van der Waals surface area contributed by atoms with Gasteiger partial charge >= 0.3 is 0 Å². The lowest BCUT2D eigenvalue weighted by Gasteiger charge is -2.07. The summed E-state index contributed by atoms with van der Waals surface area (Å²) in [7, 11) is 0. The van der Waals surface area contributed by atoms with Crippen LogP contribution in [0.25, 0.3) is 22.6 Å². The Morgan fingerprint density at radius 3 is 2.62 bits per heavy atom. The third kappa shape index (κ3) is 4.49. The lowest BCUT2D eigenvalue weighted by molar-refractivity contribution is -0.118. The van der Waals surface area contributed by atoms with Crippen LogP contribution in [0, 0.1) is 13.8 Å². The molecule has 6 heteroatoms. The second-order valence-electron chi connectivity index (χ2n) is 6.81. The van der Waals surface area contributed by atoms with Gasteiger partial charge in [-0.3, -0.25) is 4.79 Å². The largest absolute Gasteiger partial charge is 0.484 e. The highest BCUT2D eigenvalue weighted by Gasteiger charge is 2.12. The Morgan fingerprint density at radius 1 is 1.07 bits per heavy atom. The van der Waals surface area contributed by atoms with Gasteiger partial charge in [0.1, 0.15) is 11.3 Å². The van der Waals surface area contributed by atoms with Crippen molar-refractivity contribution in [1.82, 2.24) is 4.98 Å². The van der Waals surface area contributed by atoms with Crippen molar-refractivity contribution in [3.63, 3.8) is 0 Å². The molecule has 146 valence electrons. The standard InChI is InChI=1S/C23H19BrN2O3/c1-14-3-9-19(15(2)11-14)23-26-20-12-17(6-10-21(20)29-23)25-22(27)13-28-18-7-4-16(24)5-8-18/h3-12H,13H2,1-2H3,(H,25,27). The number of hydrogen-bond acceptors (Lipinski definition) is 4. The minimum absolute atomic E-state index is 0.0771. The van der Waals surface area contributed by atoms with Crippen molar-refractivity contribution < 1.29 is 13.9 Å². The van der Waals surface area contributed by atoms with Gasteiger partial charge < -0.3 is 14.5 Å². The fourth-order valence-electron chi connectivity index (χ4n) is 3.05. The number of anilines is 1. The van der Waals surface area contributed by atoms with Gasteiger partial charge in [0.25, 0.3) is 5.91 Å². The number of carbonyl (C=O) groups excluding carboxylic acids is 1. The minimum Gasteiger partial charge on any atom is -0.484 e. The van der Waals surface area contributed by atoms with Crippen molar-refractivity contribution in [2.24, 2.45) is 0 Å². The third-order valence-electron chi connectivity index (χ3n) is 4.47. The maximum atomic E-state index is 12.2. The lowest BCUT2D eigenvalue weighted by Crippen LogP contribution is -2.20. The van der Waals surface area contributed by atoms with Gasteiger partial charge in [-0.1, -0.05) is 33.6 Å². The topological polar surface area (TPSA) is 64.4 Å². The van der Waals surface area contributed by atoms with E-state index in [1.807, 2.05) is 31.2 Å². The number of aromatic nitrogens is 1. The van der Waals surface area contributed by atoms with Gasteiger partial charge in [0.2, 0.25) is 5.89 Å². The zero-order valence-electron chi connectivity index (χ0n) is 16.0. The van der Waals surface area contributed by atoms with E-state index in [1.54, 1.807) is 30.3 Å². The number of rotatable bonds is 5. The summed E-state index contributed by atoms with van der Waals surface area (Å²) in [4.78, 5) is 16.8. The molecule has 0 saturated heterocycles. The molecule has 5 nitrogen and oxygen atoms in total. The summed E-state index contributed by atoms with van der Waals surface area (Å²) in [5, 5.41) is 2.83. The third-order valence-corrected chi connectivity index (χ3v) is 5.00. The summed E-state index contributed by atoms with van der Waals surface area (Å²) in [6.45, 7) is 4.01. The normalized spacial score (nSPS) is 10.9. The number of nitrogens with zero attached hydrogens (tertiary/aromatic N) is 1. The van der Waals surface area contributed by atoms with Gasteiger partial charge in [0.05, 0.1) is 0 Å². The monoisotopic (exact) mass is 450 g/mol. The average molecular weight is 451 g/mol. The summed E-state index contributed by atoms with van der Waals surface area (Å²) < 4.78 is 12.4. The molecule has 0 fully saturated rings. The number of nitrogens with one attached hydrogen (secondary N) is 1. The first-order chi connectivity index (χ1) is 14.0. The van der Waals surface area contributed by atoms with Gasteiger partial charge in [-0.15, -0.1) is 0 Å². The lowest BCUT2D eigenvalue weighted by atomic mass is 10.1. The number of halogens is 1. The van der Waals surface area contributed by atoms with Crippen LogP contribution in [0.3, 0.4) is 0 Å². The molecule has 29 heavy (non-hydrogen) atoms. The predicted molar refractivity (Wildman–Crippen MR) is 117 cm³/mol. The Morgan fingerprint density at radius 2 is 1.86 bits per heavy atom. The summed E-state index contributed by atoms with van der Waals surface area (Å²) in [6, 6.07) is 18.9. The average Bonchev–Trinajstić information content (AvgIpc) is 3.10. The van der Waals surface area contributed by atoms with Crippen molar-refractivity contribution in [3.8, 4) is 17.2 Å². The molecule has 4 rings (SSSR count). The van der Waals surface area contributed by atoms with Crippen molar-refractivity contribution in [2.45, 2.75) is 13.8 Å². The van der Waals surface area contributed by atoms with Crippen LogP contribution in [-0.2, 0) is 4.79 Å². The van der Waals surface area contributed by atoms with E-state index in [2.05, 4.69) is 39.2 Å². The van der Waals surface area contributed by atoms with Crippen LogP contribution in [0.5, 0.6) is 5.75 Å². The first-order valence-electron chi connectivity index (χ1n) is 9.14. The van der Waals surface area contributed by atoms with E-state index < -0.39 is 0 Å². The predicted octanol–water partition coefficient (Wildman–Crippen LogP) is 5.89. The molecule has 3 aromatic carbocycles. The molecule has 1 N–H and O–H groups in total. The second-order valence-corrected chi connectivity index (χ2v) is 7.73. The van der Waals surface area contributed by atoms with Crippen LogP contribution in [-0.4, -0.2) is 17.5 Å². The molecule has 1 aromatic heterocycles. The zero-order chi connectivity index (χ0) is 20.4. The van der Waals surface area contributed by atoms with Crippen LogP contribution in [0.2, 0.25) is 0 Å². The van der Waals surface area contributed by atoms with E-state index in [0.29, 0.717) is 28.4 Å². The van der Waals surface area contributed by atoms with Crippen LogP contribution in [0.15, 0.2) is 69.6 Å². The first kappa shape index (κ1) is 19.2. The highest BCUT2D eigenvalue weighted by atomic mass is 79.9. The minimum atomic E-state index is -0.245. The molecule has 0 aliphatic carbocycles. The van der Waals surface area contributed by atoms with Gasteiger partial charge in [-0.05, 0) is 67.9 Å². The van der Waals surface area contributed by atoms with Crippen LogP contribution < -0.4 is 10.1 Å². The smallest absolute Gasteiger partial charge is 0.262 e. The summed E-state index contributed by atoms with van der Waals surface area (Å²) in [5.74, 6) is 0.957. The number of oxazole rings is 1. The fraction of sp³-hybridized carbons (Fsp3) is 0.130. The van der Waals surface area contributed by atoms with Crippen LogP contribution in [0.1, 0.15) is 11.1 Å². The molecule has 0 unspecified atom stereocenters. The van der Waals surface area contributed by atoms with E-state index in [-0.39, 0.29) is 12.5 Å². The molecular formula is C23H19BrN2O3. The Bertz CT molecular complexity index is 1180. The summed E-state index contributed by atoms with van der Waals surface area (Å²) >= 11 is 3.36. The summed E-state index contributed by atoms with van der Waals surface area (Å²) in [5.41, 5.74) is 5.26. The Labute approximate surface area is 176 Å². The number of benzene rings is 3. The highest BCUT2D eigenvalue weighted by Crippen LogP contribution is 2.28. The molecule has 0 aliphatic heterocycles. The molecule has 0 spiro atoms. The highest BCUT2D eigenvalue weighted by molar-refractivity contribution is 9.10. The zero-order valence-corrected chi connectivity index (χ0v) is 17.6. The molecule has 0 aliphatic rings. The number of aryl methyl sites for hydroxylation is 2. The van der Waals surface area contributed by atoms with Gasteiger partial charge in [0, 0.05) is 15.7 Å². The number of ether oxygens (including phenoxy) is 1. The Balaban J connectivity index is 1.47. The number of amides is 1. The molecule has 1 heterocycles.